The Morgan fingerprint density at radius 1 is 0.580 bits per heavy atom. The van der Waals surface area contributed by atoms with Gasteiger partial charge in [-0.3, -0.25) is 29.8 Å². The second kappa shape index (κ2) is 21.2. The van der Waals surface area contributed by atoms with Crippen LogP contribution in [0.2, 0.25) is 36.3 Å². The molecule has 0 aliphatic heterocycles. The van der Waals surface area contributed by atoms with Crippen molar-refractivity contribution in [2.24, 2.45) is 10.8 Å². The molecule has 0 aromatic heterocycles. The van der Waals surface area contributed by atoms with Crippen LogP contribution < -0.4 is 21.3 Å². The first-order valence-electron chi connectivity index (χ1n) is 17.6. The predicted octanol–water partition coefficient (Wildman–Crippen LogP) is 4.43. The number of carbonyl (C=O) groups excluding carboxylic acids is 4. The lowest BCUT2D eigenvalue weighted by molar-refractivity contribution is -0.141. The molecular formula is C34H70N4O8S2Si2. The highest BCUT2D eigenvalue weighted by atomic mass is 33.1. The maximum Gasteiger partial charge on any atom is 0.255 e. The number of hydrogen-bond donors (Lipinski definition) is 6. The van der Waals surface area contributed by atoms with E-state index in [0.717, 1.165) is 11.5 Å². The molecule has 0 fully saturated rings. The van der Waals surface area contributed by atoms with Crippen molar-refractivity contribution in [3.63, 3.8) is 0 Å². The van der Waals surface area contributed by atoms with E-state index in [9.17, 15) is 29.4 Å². The van der Waals surface area contributed by atoms with Crippen molar-refractivity contribution < 1.29 is 38.2 Å². The van der Waals surface area contributed by atoms with Crippen molar-refractivity contribution in [3.05, 3.63) is 0 Å². The first-order chi connectivity index (χ1) is 22.6. The molecule has 12 nitrogen and oxygen atoms in total. The van der Waals surface area contributed by atoms with Gasteiger partial charge in [0.2, 0.25) is 11.8 Å². The van der Waals surface area contributed by atoms with Crippen LogP contribution in [0.25, 0.3) is 0 Å². The summed E-state index contributed by atoms with van der Waals surface area (Å²) < 4.78 is 12.7. The van der Waals surface area contributed by atoms with Gasteiger partial charge < -0.3 is 29.7 Å². The van der Waals surface area contributed by atoms with Gasteiger partial charge in [-0.1, -0.05) is 90.8 Å². The molecule has 0 aliphatic carbocycles. The summed E-state index contributed by atoms with van der Waals surface area (Å²) >= 11 is 0. The van der Waals surface area contributed by atoms with E-state index in [1.807, 2.05) is 26.2 Å². The maximum atomic E-state index is 13.1. The van der Waals surface area contributed by atoms with E-state index < -0.39 is 51.5 Å². The highest BCUT2D eigenvalue weighted by Crippen LogP contribution is 2.41. The lowest BCUT2D eigenvalue weighted by Crippen LogP contribution is -2.55. The summed E-state index contributed by atoms with van der Waals surface area (Å²) in [5.41, 5.74) is -1.69. The van der Waals surface area contributed by atoms with E-state index in [-0.39, 0.29) is 47.9 Å². The predicted molar refractivity (Wildman–Crippen MR) is 212 cm³/mol. The Bertz CT molecular complexity index is 1010. The average Bonchev–Trinajstić information content (AvgIpc) is 2.97. The molecule has 0 rings (SSSR count). The number of aliphatic hydroxyl groups is 2. The van der Waals surface area contributed by atoms with E-state index in [1.54, 1.807) is 49.3 Å². The van der Waals surface area contributed by atoms with E-state index in [0.29, 0.717) is 26.2 Å². The topological polar surface area (TPSA) is 175 Å². The summed E-state index contributed by atoms with van der Waals surface area (Å²) in [6.45, 7) is 29.4. The molecule has 4 amide bonds. The Labute approximate surface area is 312 Å². The Balaban J connectivity index is 4.37. The smallest absolute Gasteiger partial charge is 0.255 e. The molecule has 0 unspecified atom stereocenters. The second-order valence-electron chi connectivity index (χ2n) is 17.3. The summed E-state index contributed by atoms with van der Waals surface area (Å²) in [6.07, 6.45) is -1.60. The molecule has 50 heavy (non-hydrogen) atoms. The molecule has 6 N–H and O–H groups in total. The zero-order valence-corrected chi connectivity index (χ0v) is 37.0. The van der Waals surface area contributed by atoms with Crippen LogP contribution in [0, 0.1) is 10.8 Å². The number of nitrogens with one attached hydrogen (secondary N) is 4. The minimum atomic E-state index is -2.34. The molecule has 2 atom stereocenters. The van der Waals surface area contributed by atoms with E-state index in [2.05, 4.69) is 62.8 Å². The third kappa shape index (κ3) is 17.3. The number of imide groups is 2. The van der Waals surface area contributed by atoms with Gasteiger partial charge in [0, 0.05) is 61.4 Å². The van der Waals surface area contributed by atoms with E-state index in [1.165, 1.54) is 0 Å². The zero-order valence-electron chi connectivity index (χ0n) is 33.4. The Kier molecular flexibility index (Phi) is 20.8. The molecule has 0 heterocycles. The quantitative estimate of drug-likeness (QED) is 0.0490. The highest BCUT2D eigenvalue weighted by Gasteiger charge is 2.47. The molecule has 0 saturated carbocycles. The molecule has 0 radical (unpaired) electrons. The summed E-state index contributed by atoms with van der Waals surface area (Å²) in [7, 11) is -1.29. The van der Waals surface area contributed by atoms with Crippen molar-refractivity contribution in [2.45, 2.75) is 131 Å². The minimum Gasteiger partial charge on any atom is -0.404 e. The standard InChI is InChI=1S/C34H70N4O8S2Si2/c1-31(2,3)49(11,12)45-27(33(7,8)23-39)29(43)37-25(41)15-17-35-19-21-47-48-22-20-36-18-16-26(42)38-30(44)28(34(9,10)24-40)46-50(13,14)32(4,5)6/h27-28,35-36,39-40H,15-24H2,1-14H3,(H,37,41,43)(H,38,42,44)/t27-,28-/m0/s1. The molecule has 0 bridgehead atoms. The van der Waals surface area contributed by atoms with Gasteiger partial charge in [0.1, 0.15) is 12.2 Å². The zero-order chi connectivity index (χ0) is 39.2. The fraction of sp³-hybridized carbons (Fsp3) is 0.882. The first-order valence-corrected chi connectivity index (χ1v) is 25.9. The molecule has 0 aliphatic rings. The van der Waals surface area contributed by atoms with Gasteiger partial charge >= 0.3 is 0 Å². The van der Waals surface area contributed by atoms with Crippen molar-refractivity contribution in [2.75, 3.05) is 50.9 Å². The number of aliphatic hydroxyl groups excluding tert-OH is 2. The number of carbonyl (C=O) groups is 4. The third-order valence-corrected chi connectivity index (χ3v) is 20.8. The summed E-state index contributed by atoms with van der Waals surface area (Å²) in [5.74, 6) is -0.165. The van der Waals surface area contributed by atoms with Crippen molar-refractivity contribution in [3.8, 4) is 0 Å². The third-order valence-electron chi connectivity index (χ3n) is 9.54. The van der Waals surface area contributed by atoms with Crippen molar-refractivity contribution in [1.29, 1.82) is 0 Å². The highest BCUT2D eigenvalue weighted by molar-refractivity contribution is 8.76. The molecule has 0 spiro atoms. The van der Waals surface area contributed by atoms with Gasteiger partial charge in [-0.05, 0) is 36.3 Å². The summed E-state index contributed by atoms with van der Waals surface area (Å²) in [4.78, 5) is 51.1. The summed E-state index contributed by atoms with van der Waals surface area (Å²) in [6, 6.07) is 0. The summed E-state index contributed by atoms with van der Waals surface area (Å²) in [5, 5.41) is 30.9. The van der Waals surface area contributed by atoms with Crippen LogP contribution in [0.3, 0.4) is 0 Å². The molecular weight excluding hydrogens is 713 g/mol. The Morgan fingerprint density at radius 3 is 1.14 bits per heavy atom. The van der Waals surface area contributed by atoms with E-state index >= 15 is 0 Å². The van der Waals surface area contributed by atoms with Crippen LogP contribution in [0.5, 0.6) is 0 Å². The molecule has 0 saturated heterocycles. The van der Waals surface area contributed by atoms with Gasteiger partial charge in [-0.25, -0.2) is 0 Å². The van der Waals surface area contributed by atoms with Crippen molar-refractivity contribution in [1.82, 2.24) is 21.3 Å². The van der Waals surface area contributed by atoms with Gasteiger partial charge in [0.15, 0.2) is 16.6 Å². The number of rotatable bonds is 23. The first kappa shape index (κ1) is 49.2. The number of amides is 4. The maximum absolute atomic E-state index is 13.1. The van der Waals surface area contributed by atoms with Crippen LogP contribution >= 0.6 is 21.6 Å². The van der Waals surface area contributed by atoms with Crippen molar-refractivity contribution >= 4 is 61.9 Å². The van der Waals surface area contributed by atoms with Gasteiger partial charge in [-0.15, -0.1) is 0 Å². The fourth-order valence-electron chi connectivity index (χ4n) is 3.77. The lowest BCUT2D eigenvalue weighted by atomic mass is 9.87. The van der Waals surface area contributed by atoms with Gasteiger partial charge in [-0.2, -0.15) is 0 Å². The van der Waals surface area contributed by atoms with Crippen LogP contribution in [-0.2, 0) is 28.0 Å². The fourth-order valence-corrected chi connectivity index (χ4v) is 8.41. The molecule has 0 aromatic carbocycles. The SMILES string of the molecule is CC(C)(CO)[C@@H](O[Si](C)(C)C(C)(C)C)C(=O)NC(=O)CCNCCSSCCNCCC(=O)NC(=O)[C@H](O[Si](C)(C)C(C)(C)C)C(C)(C)CO. The van der Waals surface area contributed by atoms with Gasteiger partial charge in [0.05, 0.1) is 13.2 Å². The molecule has 0 aromatic rings. The Morgan fingerprint density at radius 2 is 0.880 bits per heavy atom. The average molecular weight is 783 g/mol. The largest absolute Gasteiger partial charge is 0.404 e. The van der Waals surface area contributed by atoms with E-state index in [4.69, 9.17) is 8.85 Å². The molecule has 294 valence electrons. The van der Waals surface area contributed by atoms with Crippen LogP contribution in [0.4, 0.5) is 0 Å². The Hall–Kier alpha value is -0.826. The van der Waals surface area contributed by atoms with Gasteiger partial charge in [0.25, 0.3) is 11.8 Å². The molecule has 16 heteroatoms. The van der Waals surface area contributed by atoms with Crippen LogP contribution in [0.1, 0.15) is 82.1 Å². The minimum absolute atomic E-state index is 0.135. The normalized spacial score (nSPS) is 14.6. The monoisotopic (exact) mass is 782 g/mol. The van der Waals surface area contributed by atoms with Crippen LogP contribution in [-0.4, -0.2) is 114 Å². The second-order valence-corrected chi connectivity index (χ2v) is 29.5. The number of hydrogen-bond acceptors (Lipinski definition) is 12. The van der Waals surface area contributed by atoms with Crippen LogP contribution in [0.15, 0.2) is 0 Å². The lowest BCUT2D eigenvalue weighted by Gasteiger charge is -2.42.